The van der Waals surface area contributed by atoms with E-state index in [1.54, 1.807) is 13.0 Å². The minimum atomic E-state index is -1.15. The zero-order valence-corrected chi connectivity index (χ0v) is 10.3. The van der Waals surface area contributed by atoms with Crippen LogP contribution in [0.5, 0.6) is 11.8 Å². The molecule has 20 heavy (non-hydrogen) atoms. The molecule has 0 aliphatic rings. The molecule has 1 aromatic heterocycles. The Bertz CT molecular complexity index is 669. The minimum absolute atomic E-state index is 0.0439. The molecule has 0 saturated heterocycles. The third-order valence-electron chi connectivity index (χ3n) is 2.39. The van der Waals surface area contributed by atoms with Crippen LogP contribution in [0.1, 0.15) is 15.9 Å². The fraction of sp³-hybridized carbons (Fsp3) is 0.0833. The lowest BCUT2D eigenvalue weighted by Gasteiger charge is -2.07. The molecule has 8 nitrogen and oxygen atoms in total. The van der Waals surface area contributed by atoms with Crippen molar-refractivity contribution in [2.45, 2.75) is 6.92 Å². The van der Waals surface area contributed by atoms with Crippen molar-refractivity contribution >= 4 is 11.7 Å². The van der Waals surface area contributed by atoms with Gasteiger partial charge in [0.2, 0.25) is 0 Å². The number of rotatable bonds is 4. The van der Waals surface area contributed by atoms with E-state index >= 15 is 0 Å². The van der Waals surface area contributed by atoms with Crippen molar-refractivity contribution in [3.8, 4) is 11.8 Å². The number of carboxylic acid groups (broad SMARTS) is 1. The molecule has 0 radical (unpaired) electrons. The van der Waals surface area contributed by atoms with Crippen LogP contribution in [0.2, 0.25) is 0 Å². The summed E-state index contributed by atoms with van der Waals surface area (Å²) < 4.78 is 5.26. The third-order valence-corrected chi connectivity index (χ3v) is 2.39. The molecule has 1 heterocycles. The van der Waals surface area contributed by atoms with Gasteiger partial charge < -0.3 is 9.84 Å². The number of benzene rings is 1. The summed E-state index contributed by atoms with van der Waals surface area (Å²) in [5, 5.41) is 19.5. The number of aryl methyl sites for hydroxylation is 1. The van der Waals surface area contributed by atoms with Crippen LogP contribution >= 0.6 is 0 Å². The first-order valence-corrected chi connectivity index (χ1v) is 5.45. The number of hydrogen-bond donors (Lipinski definition) is 1. The molecule has 0 atom stereocenters. The van der Waals surface area contributed by atoms with Crippen molar-refractivity contribution in [1.29, 1.82) is 0 Å². The van der Waals surface area contributed by atoms with Crippen LogP contribution in [0.15, 0.2) is 30.6 Å². The van der Waals surface area contributed by atoms with Gasteiger partial charge in [0.25, 0.3) is 0 Å². The summed E-state index contributed by atoms with van der Waals surface area (Å²) in [6.07, 6.45) is 1.97. The number of carboxylic acids is 1. The molecule has 0 fully saturated rings. The second kappa shape index (κ2) is 5.31. The SMILES string of the molecule is Cc1ccc(C(=O)O)c(Oc2ncc([N+](=O)[O-])cn2)c1. The molecule has 0 amide bonds. The molecule has 102 valence electrons. The van der Waals surface area contributed by atoms with E-state index < -0.39 is 10.9 Å². The van der Waals surface area contributed by atoms with Gasteiger partial charge in [-0.1, -0.05) is 6.07 Å². The zero-order valence-electron chi connectivity index (χ0n) is 10.3. The minimum Gasteiger partial charge on any atom is -0.478 e. The van der Waals surface area contributed by atoms with E-state index in [4.69, 9.17) is 9.84 Å². The molecular formula is C12H9N3O5. The highest BCUT2D eigenvalue weighted by molar-refractivity contribution is 5.91. The summed E-state index contributed by atoms with van der Waals surface area (Å²) in [5.41, 5.74) is 0.476. The predicted molar refractivity (Wildman–Crippen MR) is 66.9 cm³/mol. The van der Waals surface area contributed by atoms with Gasteiger partial charge in [0.1, 0.15) is 23.7 Å². The number of nitrogens with zero attached hydrogens (tertiary/aromatic N) is 3. The van der Waals surface area contributed by atoms with Crippen molar-refractivity contribution < 1.29 is 19.6 Å². The van der Waals surface area contributed by atoms with Gasteiger partial charge in [-0.3, -0.25) is 10.1 Å². The van der Waals surface area contributed by atoms with E-state index in [9.17, 15) is 14.9 Å². The van der Waals surface area contributed by atoms with Gasteiger partial charge >= 0.3 is 17.7 Å². The average molecular weight is 275 g/mol. The van der Waals surface area contributed by atoms with Crippen LogP contribution in [-0.4, -0.2) is 26.0 Å². The first-order valence-electron chi connectivity index (χ1n) is 5.45. The molecule has 1 N–H and O–H groups in total. The maximum Gasteiger partial charge on any atom is 0.339 e. The molecule has 0 aliphatic heterocycles. The highest BCUT2D eigenvalue weighted by Crippen LogP contribution is 2.24. The number of ether oxygens (including phenoxy) is 1. The lowest BCUT2D eigenvalue weighted by Crippen LogP contribution is -2.02. The molecule has 8 heteroatoms. The molecular weight excluding hydrogens is 266 g/mol. The smallest absolute Gasteiger partial charge is 0.339 e. The molecule has 0 aliphatic carbocycles. The largest absolute Gasteiger partial charge is 0.478 e. The first-order chi connectivity index (χ1) is 9.47. The van der Waals surface area contributed by atoms with E-state index in [0.29, 0.717) is 0 Å². The van der Waals surface area contributed by atoms with E-state index in [1.807, 2.05) is 0 Å². The van der Waals surface area contributed by atoms with Crippen LogP contribution in [-0.2, 0) is 0 Å². The van der Waals surface area contributed by atoms with Gasteiger partial charge in [-0.15, -0.1) is 0 Å². The standard InChI is InChI=1S/C12H9N3O5/c1-7-2-3-9(11(16)17)10(4-7)20-12-13-5-8(6-14-12)15(18)19/h2-6H,1H3,(H,16,17). The molecule has 0 spiro atoms. The maximum atomic E-state index is 11.1. The fourth-order valence-corrected chi connectivity index (χ4v) is 1.45. The van der Waals surface area contributed by atoms with E-state index in [0.717, 1.165) is 18.0 Å². The van der Waals surface area contributed by atoms with Gasteiger partial charge in [0.05, 0.1) is 4.92 Å². The lowest BCUT2D eigenvalue weighted by molar-refractivity contribution is -0.385. The predicted octanol–water partition coefficient (Wildman–Crippen LogP) is 2.18. The number of hydrogen-bond acceptors (Lipinski definition) is 6. The Kier molecular flexibility index (Phi) is 3.56. The van der Waals surface area contributed by atoms with E-state index in [2.05, 4.69) is 9.97 Å². The van der Waals surface area contributed by atoms with Gasteiger partial charge in [-0.2, -0.15) is 9.97 Å². The molecule has 2 aromatic rings. The van der Waals surface area contributed by atoms with Crippen LogP contribution in [0.25, 0.3) is 0 Å². The second-order valence-corrected chi connectivity index (χ2v) is 3.89. The van der Waals surface area contributed by atoms with Crippen molar-refractivity contribution in [1.82, 2.24) is 9.97 Å². The summed E-state index contributed by atoms with van der Waals surface area (Å²) in [4.78, 5) is 28.2. The Morgan fingerprint density at radius 2 is 2.00 bits per heavy atom. The van der Waals surface area contributed by atoms with Gasteiger partial charge in [-0.25, -0.2) is 4.79 Å². The van der Waals surface area contributed by atoms with E-state index in [-0.39, 0.29) is 23.0 Å². The highest BCUT2D eigenvalue weighted by Gasteiger charge is 2.14. The Morgan fingerprint density at radius 3 is 2.55 bits per heavy atom. The Hall–Kier alpha value is -3.03. The molecule has 0 unspecified atom stereocenters. The Morgan fingerprint density at radius 1 is 1.35 bits per heavy atom. The highest BCUT2D eigenvalue weighted by atomic mass is 16.6. The monoisotopic (exact) mass is 275 g/mol. The lowest BCUT2D eigenvalue weighted by atomic mass is 10.1. The second-order valence-electron chi connectivity index (χ2n) is 3.89. The summed E-state index contributed by atoms with van der Waals surface area (Å²) in [7, 11) is 0. The van der Waals surface area contributed by atoms with Crippen LogP contribution in [0.3, 0.4) is 0 Å². The number of nitro groups is 1. The van der Waals surface area contributed by atoms with Crippen molar-refractivity contribution in [2.75, 3.05) is 0 Å². The van der Waals surface area contributed by atoms with Gasteiger partial charge in [0, 0.05) is 0 Å². The molecule has 1 aromatic carbocycles. The number of aromatic nitrogens is 2. The third kappa shape index (κ3) is 2.86. The number of aromatic carboxylic acids is 1. The van der Waals surface area contributed by atoms with Crippen LogP contribution in [0.4, 0.5) is 5.69 Å². The quantitative estimate of drug-likeness (QED) is 0.671. The first kappa shape index (κ1) is 13.4. The number of carbonyl (C=O) groups is 1. The van der Waals surface area contributed by atoms with Crippen molar-refractivity contribution in [3.63, 3.8) is 0 Å². The van der Waals surface area contributed by atoms with Gasteiger partial charge in [-0.05, 0) is 24.6 Å². The Labute approximate surface area is 112 Å². The average Bonchev–Trinajstić information content (AvgIpc) is 2.39. The fourth-order valence-electron chi connectivity index (χ4n) is 1.45. The molecule has 2 rings (SSSR count). The van der Waals surface area contributed by atoms with Crippen molar-refractivity contribution in [2.24, 2.45) is 0 Å². The summed E-state index contributed by atoms with van der Waals surface area (Å²) in [5.74, 6) is -1.08. The maximum absolute atomic E-state index is 11.1. The summed E-state index contributed by atoms with van der Waals surface area (Å²) >= 11 is 0. The van der Waals surface area contributed by atoms with Crippen LogP contribution in [0, 0.1) is 17.0 Å². The Balaban J connectivity index is 2.31. The topological polar surface area (TPSA) is 115 Å². The van der Waals surface area contributed by atoms with Crippen LogP contribution < -0.4 is 4.74 Å². The normalized spacial score (nSPS) is 10.1. The molecule has 0 saturated carbocycles. The van der Waals surface area contributed by atoms with E-state index in [1.165, 1.54) is 12.1 Å². The van der Waals surface area contributed by atoms with Crippen molar-refractivity contribution in [3.05, 3.63) is 51.8 Å². The zero-order chi connectivity index (χ0) is 14.7. The van der Waals surface area contributed by atoms with Gasteiger partial charge in [0.15, 0.2) is 0 Å². The summed E-state index contributed by atoms with van der Waals surface area (Å²) in [6, 6.07) is 4.39. The summed E-state index contributed by atoms with van der Waals surface area (Å²) in [6.45, 7) is 1.77. The molecule has 0 bridgehead atoms.